The zero-order chi connectivity index (χ0) is 15.6. The minimum absolute atomic E-state index is 0. The molecule has 1 saturated carbocycles. The number of amides is 1. The van der Waals surface area contributed by atoms with E-state index in [1.54, 1.807) is 6.20 Å². The number of nitrogens with two attached hydrogens (primary N) is 1. The number of carbonyl (C=O) groups is 1. The summed E-state index contributed by atoms with van der Waals surface area (Å²) in [6, 6.07) is 5.72. The van der Waals surface area contributed by atoms with Crippen LogP contribution in [0.4, 0.5) is 0 Å². The molecule has 1 unspecified atom stereocenters. The lowest BCUT2D eigenvalue weighted by molar-refractivity contribution is -0.122. The lowest BCUT2D eigenvalue weighted by atomic mass is 9.95. The molecule has 1 amide bonds. The van der Waals surface area contributed by atoms with Gasteiger partial charge >= 0.3 is 0 Å². The molecule has 0 aliphatic heterocycles. The lowest BCUT2D eigenvalue weighted by Crippen LogP contribution is -2.53. The van der Waals surface area contributed by atoms with Crippen LogP contribution in [-0.4, -0.2) is 28.0 Å². The Balaban J connectivity index is 0.00000144. The Kier molecular flexibility index (Phi) is 7.60. The van der Waals surface area contributed by atoms with Gasteiger partial charge in [-0.3, -0.25) is 9.78 Å². The van der Waals surface area contributed by atoms with Crippen LogP contribution >= 0.6 is 36.2 Å². The Hall–Kier alpha value is -1.21. The molecule has 0 saturated heterocycles. The molecular weight excluding hydrogens is 367 g/mol. The van der Waals surface area contributed by atoms with E-state index in [0.717, 1.165) is 29.2 Å². The van der Waals surface area contributed by atoms with Gasteiger partial charge in [-0.1, -0.05) is 6.07 Å². The second kappa shape index (κ2) is 8.76. The summed E-state index contributed by atoms with van der Waals surface area (Å²) in [6.07, 6.45) is 4.32. The van der Waals surface area contributed by atoms with Crippen LogP contribution in [0.5, 0.6) is 0 Å². The van der Waals surface area contributed by atoms with Crippen LogP contribution in [0.25, 0.3) is 10.7 Å². The molecule has 1 aliphatic rings. The van der Waals surface area contributed by atoms with Crippen molar-refractivity contribution >= 4 is 42.1 Å². The Morgan fingerprint density at radius 1 is 1.42 bits per heavy atom. The quantitative estimate of drug-likeness (QED) is 0.796. The molecule has 0 bridgehead atoms. The molecule has 3 N–H and O–H groups in total. The Labute approximate surface area is 158 Å². The number of pyridine rings is 1. The zero-order valence-corrected chi connectivity index (χ0v) is 15.8. The summed E-state index contributed by atoms with van der Waals surface area (Å²) < 4.78 is 0. The average molecular weight is 389 g/mol. The third kappa shape index (κ3) is 4.89. The van der Waals surface area contributed by atoms with E-state index in [4.69, 9.17) is 5.73 Å². The van der Waals surface area contributed by atoms with Crippen molar-refractivity contribution in [1.29, 1.82) is 0 Å². The molecule has 0 aromatic carbocycles. The van der Waals surface area contributed by atoms with Crippen molar-refractivity contribution in [2.45, 2.75) is 31.7 Å². The van der Waals surface area contributed by atoms with E-state index < -0.39 is 0 Å². The summed E-state index contributed by atoms with van der Waals surface area (Å²) >= 11 is 1.51. The first-order valence-corrected chi connectivity index (χ1v) is 8.35. The fourth-order valence-electron chi connectivity index (χ4n) is 2.56. The molecule has 2 heterocycles. The molecule has 8 heteroatoms. The van der Waals surface area contributed by atoms with Crippen LogP contribution in [0.15, 0.2) is 29.8 Å². The van der Waals surface area contributed by atoms with E-state index in [9.17, 15) is 4.79 Å². The highest BCUT2D eigenvalue weighted by atomic mass is 35.5. The Morgan fingerprint density at radius 3 is 2.75 bits per heavy atom. The van der Waals surface area contributed by atoms with Crippen molar-refractivity contribution in [2.24, 2.45) is 11.7 Å². The van der Waals surface area contributed by atoms with Crippen LogP contribution in [0.3, 0.4) is 0 Å². The second-order valence-electron chi connectivity index (χ2n) is 5.98. The van der Waals surface area contributed by atoms with Gasteiger partial charge in [-0.25, -0.2) is 4.98 Å². The van der Waals surface area contributed by atoms with Gasteiger partial charge < -0.3 is 11.1 Å². The number of thiazole rings is 1. The first-order chi connectivity index (χ1) is 10.6. The topological polar surface area (TPSA) is 80.9 Å². The Bertz CT molecular complexity index is 663. The maximum Gasteiger partial charge on any atom is 0.226 e. The molecule has 1 aliphatic carbocycles. The highest BCUT2D eigenvalue weighted by molar-refractivity contribution is 7.13. The van der Waals surface area contributed by atoms with Gasteiger partial charge in [0.1, 0.15) is 5.01 Å². The average Bonchev–Trinajstić information content (AvgIpc) is 3.29. The number of hydrogen-bond acceptors (Lipinski definition) is 5. The molecule has 132 valence electrons. The molecule has 3 rings (SSSR count). The van der Waals surface area contributed by atoms with Crippen molar-refractivity contribution in [1.82, 2.24) is 15.3 Å². The van der Waals surface area contributed by atoms with Gasteiger partial charge in [0.25, 0.3) is 0 Å². The van der Waals surface area contributed by atoms with Crippen molar-refractivity contribution in [3.8, 4) is 10.7 Å². The number of nitrogens with one attached hydrogen (secondary N) is 1. The summed E-state index contributed by atoms with van der Waals surface area (Å²) in [5, 5.41) is 5.84. The number of aromatic nitrogens is 2. The van der Waals surface area contributed by atoms with Crippen molar-refractivity contribution in [3.63, 3.8) is 0 Å². The monoisotopic (exact) mass is 388 g/mol. The molecule has 1 atom stereocenters. The molecule has 5 nitrogen and oxygen atoms in total. The van der Waals surface area contributed by atoms with Gasteiger partial charge in [0.2, 0.25) is 5.91 Å². The van der Waals surface area contributed by atoms with E-state index in [0.29, 0.717) is 12.5 Å². The molecule has 24 heavy (non-hydrogen) atoms. The molecule has 0 spiro atoms. The van der Waals surface area contributed by atoms with Crippen molar-refractivity contribution in [2.75, 3.05) is 6.54 Å². The van der Waals surface area contributed by atoms with Gasteiger partial charge in [0, 0.05) is 18.1 Å². The highest BCUT2D eigenvalue weighted by Gasteiger charge is 2.41. The van der Waals surface area contributed by atoms with E-state index in [1.165, 1.54) is 11.3 Å². The minimum atomic E-state index is -0.281. The van der Waals surface area contributed by atoms with Crippen LogP contribution < -0.4 is 11.1 Å². The Morgan fingerprint density at radius 2 is 2.17 bits per heavy atom. The number of nitrogens with zero attached hydrogens (tertiary/aromatic N) is 2. The van der Waals surface area contributed by atoms with E-state index in [2.05, 4.69) is 15.3 Å². The SMILES string of the molecule is CC(CN)(NC(=O)Cc1csc(-c2ccccn2)n1)C1CC1.Cl.Cl. The number of halogens is 2. The standard InChI is InChI=1S/C16H20N4OS.2ClH/c1-16(10-17,11-5-6-11)20-14(21)8-12-9-22-15(19-12)13-4-2-3-7-18-13;;/h2-4,7,9,11H,5-6,8,10,17H2,1H3,(H,20,21);2*1H. The third-order valence-corrected chi connectivity index (χ3v) is 5.02. The van der Waals surface area contributed by atoms with Gasteiger partial charge in [-0.05, 0) is 37.8 Å². The van der Waals surface area contributed by atoms with Gasteiger partial charge in [0.05, 0.1) is 23.3 Å². The molecule has 1 fully saturated rings. The third-order valence-electron chi connectivity index (χ3n) is 4.10. The maximum atomic E-state index is 12.2. The first kappa shape index (κ1) is 20.8. The van der Waals surface area contributed by atoms with E-state index in [1.807, 2.05) is 30.5 Å². The minimum Gasteiger partial charge on any atom is -0.349 e. The van der Waals surface area contributed by atoms with Crippen molar-refractivity contribution < 1.29 is 4.79 Å². The first-order valence-electron chi connectivity index (χ1n) is 7.47. The summed E-state index contributed by atoms with van der Waals surface area (Å²) in [6.45, 7) is 2.50. The van der Waals surface area contributed by atoms with E-state index >= 15 is 0 Å². The molecule has 0 radical (unpaired) electrons. The summed E-state index contributed by atoms with van der Waals surface area (Å²) in [5.41, 5.74) is 7.17. The molecule has 2 aromatic rings. The lowest BCUT2D eigenvalue weighted by Gasteiger charge is -2.29. The van der Waals surface area contributed by atoms with Crippen LogP contribution in [0.2, 0.25) is 0 Å². The molecular formula is C16H22Cl2N4OS. The van der Waals surface area contributed by atoms with Crippen LogP contribution in [-0.2, 0) is 11.2 Å². The maximum absolute atomic E-state index is 12.2. The second-order valence-corrected chi connectivity index (χ2v) is 6.84. The van der Waals surface area contributed by atoms with E-state index in [-0.39, 0.29) is 42.7 Å². The smallest absolute Gasteiger partial charge is 0.226 e. The number of rotatable bonds is 6. The summed E-state index contributed by atoms with van der Waals surface area (Å²) in [7, 11) is 0. The van der Waals surface area contributed by atoms with Gasteiger partial charge in [0.15, 0.2) is 0 Å². The molecule has 2 aromatic heterocycles. The normalized spacial score (nSPS) is 15.6. The van der Waals surface area contributed by atoms with Crippen molar-refractivity contribution in [3.05, 3.63) is 35.5 Å². The number of hydrogen-bond donors (Lipinski definition) is 2. The van der Waals surface area contributed by atoms with Crippen LogP contribution in [0, 0.1) is 5.92 Å². The van der Waals surface area contributed by atoms with Gasteiger partial charge in [-0.15, -0.1) is 36.2 Å². The summed E-state index contributed by atoms with van der Waals surface area (Å²) in [5.74, 6) is 0.499. The predicted octanol–water partition coefficient (Wildman–Crippen LogP) is 2.83. The van der Waals surface area contributed by atoms with Gasteiger partial charge in [-0.2, -0.15) is 0 Å². The fourth-order valence-corrected chi connectivity index (χ4v) is 3.36. The predicted molar refractivity (Wildman–Crippen MR) is 102 cm³/mol. The fraction of sp³-hybridized carbons (Fsp3) is 0.438. The largest absolute Gasteiger partial charge is 0.349 e. The number of carbonyl (C=O) groups excluding carboxylic acids is 1. The summed E-state index contributed by atoms with van der Waals surface area (Å²) in [4.78, 5) is 21.0. The highest BCUT2D eigenvalue weighted by Crippen LogP contribution is 2.39. The zero-order valence-electron chi connectivity index (χ0n) is 13.4. The van der Waals surface area contributed by atoms with Crippen LogP contribution in [0.1, 0.15) is 25.5 Å².